The summed E-state index contributed by atoms with van der Waals surface area (Å²) in [6.45, 7) is 6.99. The van der Waals surface area contributed by atoms with Crippen LogP contribution in [-0.2, 0) is 4.79 Å². The summed E-state index contributed by atoms with van der Waals surface area (Å²) in [6.07, 6.45) is 3.80. The van der Waals surface area contributed by atoms with Crippen molar-refractivity contribution in [2.24, 2.45) is 5.92 Å². The monoisotopic (exact) mass is 380 g/mol. The molecular weight excluding hydrogens is 352 g/mol. The van der Waals surface area contributed by atoms with Gasteiger partial charge in [0.1, 0.15) is 5.82 Å². The Morgan fingerprint density at radius 3 is 2.50 bits per heavy atom. The molecule has 0 spiro atoms. The normalized spacial score (nSPS) is 15.9. The Kier molecular flexibility index (Phi) is 6.39. The molecule has 1 N–H and O–H groups in total. The first kappa shape index (κ1) is 20.0. The van der Waals surface area contributed by atoms with Crippen molar-refractivity contribution in [1.82, 2.24) is 20.2 Å². The molecule has 148 valence electrons. The number of carbonyl (C=O) groups is 2. The van der Waals surface area contributed by atoms with Gasteiger partial charge in [0, 0.05) is 25.7 Å². The summed E-state index contributed by atoms with van der Waals surface area (Å²) in [7, 11) is 0. The second kappa shape index (κ2) is 8.95. The number of benzene rings is 1. The Bertz CT molecular complexity index is 830. The van der Waals surface area contributed by atoms with Gasteiger partial charge < -0.3 is 10.2 Å². The molecule has 6 nitrogen and oxygen atoms in total. The molecular formula is C22H28N4O2. The van der Waals surface area contributed by atoms with Gasteiger partial charge in [-0.25, -0.2) is 9.97 Å². The quantitative estimate of drug-likeness (QED) is 0.864. The molecule has 1 aliphatic rings. The summed E-state index contributed by atoms with van der Waals surface area (Å²) >= 11 is 0. The Morgan fingerprint density at radius 1 is 1.18 bits per heavy atom. The van der Waals surface area contributed by atoms with E-state index in [9.17, 15) is 9.59 Å². The molecule has 2 aromatic rings. The van der Waals surface area contributed by atoms with Crippen LogP contribution in [0.1, 0.15) is 59.7 Å². The molecule has 1 aromatic heterocycles. The van der Waals surface area contributed by atoms with Gasteiger partial charge in [-0.3, -0.25) is 9.59 Å². The molecule has 2 heterocycles. The van der Waals surface area contributed by atoms with Crippen LogP contribution in [0.15, 0.2) is 36.5 Å². The van der Waals surface area contributed by atoms with Crippen molar-refractivity contribution in [2.75, 3.05) is 13.1 Å². The van der Waals surface area contributed by atoms with Gasteiger partial charge in [-0.2, -0.15) is 0 Å². The number of carbonyl (C=O) groups excluding carboxylic acids is 2. The van der Waals surface area contributed by atoms with E-state index in [0.29, 0.717) is 42.5 Å². The van der Waals surface area contributed by atoms with Crippen LogP contribution in [0.3, 0.4) is 0 Å². The van der Waals surface area contributed by atoms with Gasteiger partial charge in [0.15, 0.2) is 0 Å². The number of likely N-dealkylation sites (tertiary alicyclic amines) is 1. The third kappa shape index (κ3) is 4.94. The first-order chi connectivity index (χ1) is 13.4. The van der Waals surface area contributed by atoms with Gasteiger partial charge in [-0.1, -0.05) is 30.3 Å². The lowest BCUT2D eigenvalue weighted by Gasteiger charge is -2.32. The molecule has 2 amide bonds. The average molecular weight is 380 g/mol. The molecule has 1 saturated heterocycles. The van der Waals surface area contributed by atoms with Crippen molar-refractivity contribution >= 4 is 11.8 Å². The first-order valence-corrected chi connectivity index (χ1v) is 9.88. The smallest absolute Gasteiger partial charge is 0.257 e. The minimum absolute atomic E-state index is 0.000112. The van der Waals surface area contributed by atoms with Crippen LogP contribution in [-0.4, -0.2) is 39.8 Å². The Morgan fingerprint density at radius 2 is 1.86 bits per heavy atom. The van der Waals surface area contributed by atoms with Crippen LogP contribution in [0.4, 0.5) is 0 Å². The summed E-state index contributed by atoms with van der Waals surface area (Å²) in [6, 6.07) is 9.96. The minimum atomic E-state index is -0.0156. The zero-order valence-corrected chi connectivity index (χ0v) is 16.8. The van der Waals surface area contributed by atoms with Crippen LogP contribution in [0.2, 0.25) is 0 Å². The fraction of sp³-hybridized carbons (Fsp3) is 0.455. The van der Waals surface area contributed by atoms with E-state index in [0.717, 1.165) is 18.4 Å². The average Bonchev–Trinajstić information content (AvgIpc) is 2.68. The molecule has 0 saturated carbocycles. The van der Waals surface area contributed by atoms with Crippen LogP contribution >= 0.6 is 0 Å². The maximum atomic E-state index is 12.7. The second-order valence-electron chi connectivity index (χ2n) is 7.56. The van der Waals surface area contributed by atoms with E-state index in [1.807, 2.05) is 56.0 Å². The Balaban J connectivity index is 1.48. The fourth-order valence-corrected chi connectivity index (χ4v) is 3.69. The number of hydrogen-bond donors (Lipinski definition) is 1. The van der Waals surface area contributed by atoms with Gasteiger partial charge in [0.2, 0.25) is 5.91 Å². The number of aromatic nitrogens is 2. The van der Waals surface area contributed by atoms with Crippen LogP contribution < -0.4 is 5.32 Å². The third-order valence-electron chi connectivity index (χ3n) is 5.38. The highest BCUT2D eigenvalue weighted by molar-refractivity contribution is 5.95. The number of piperidine rings is 1. The van der Waals surface area contributed by atoms with E-state index in [1.165, 1.54) is 0 Å². The fourth-order valence-electron chi connectivity index (χ4n) is 3.69. The molecule has 0 unspecified atom stereocenters. The molecule has 0 radical (unpaired) electrons. The van der Waals surface area contributed by atoms with Crippen molar-refractivity contribution in [3.63, 3.8) is 0 Å². The van der Waals surface area contributed by atoms with Gasteiger partial charge in [-0.15, -0.1) is 0 Å². The zero-order chi connectivity index (χ0) is 20.1. The lowest BCUT2D eigenvalue weighted by Crippen LogP contribution is -2.40. The molecule has 1 aromatic carbocycles. The van der Waals surface area contributed by atoms with E-state index in [2.05, 4.69) is 15.3 Å². The predicted molar refractivity (Wildman–Crippen MR) is 108 cm³/mol. The van der Waals surface area contributed by atoms with Crippen molar-refractivity contribution in [3.05, 3.63) is 59.2 Å². The second-order valence-corrected chi connectivity index (χ2v) is 7.56. The molecule has 1 atom stereocenters. The van der Waals surface area contributed by atoms with Gasteiger partial charge in [0.05, 0.1) is 17.3 Å². The molecule has 0 bridgehead atoms. The number of hydrogen-bond acceptors (Lipinski definition) is 4. The van der Waals surface area contributed by atoms with E-state index in [1.54, 1.807) is 6.20 Å². The largest absolute Gasteiger partial charge is 0.350 e. The van der Waals surface area contributed by atoms with Crippen LogP contribution in [0, 0.1) is 19.8 Å². The number of aryl methyl sites for hydroxylation is 2. The van der Waals surface area contributed by atoms with E-state index >= 15 is 0 Å². The molecule has 1 aliphatic heterocycles. The van der Waals surface area contributed by atoms with Crippen molar-refractivity contribution in [3.8, 4) is 0 Å². The number of amides is 2. The molecule has 3 rings (SSSR count). The lowest BCUT2D eigenvalue weighted by molar-refractivity contribution is -0.122. The Hall–Kier alpha value is -2.76. The van der Waals surface area contributed by atoms with Gasteiger partial charge >= 0.3 is 0 Å². The van der Waals surface area contributed by atoms with Crippen LogP contribution in [0.5, 0.6) is 0 Å². The van der Waals surface area contributed by atoms with Crippen molar-refractivity contribution in [1.29, 1.82) is 0 Å². The van der Waals surface area contributed by atoms with Crippen molar-refractivity contribution in [2.45, 2.75) is 46.1 Å². The first-order valence-electron chi connectivity index (χ1n) is 9.88. The number of nitrogens with one attached hydrogen (secondary N) is 1. The van der Waals surface area contributed by atoms with Gasteiger partial charge in [0.25, 0.3) is 5.91 Å². The molecule has 0 aliphatic carbocycles. The lowest BCUT2D eigenvalue weighted by atomic mass is 9.92. The summed E-state index contributed by atoms with van der Waals surface area (Å²) in [5.74, 6) is 1.04. The highest BCUT2D eigenvalue weighted by Crippen LogP contribution is 2.23. The van der Waals surface area contributed by atoms with E-state index in [-0.39, 0.29) is 17.9 Å². The Labute approximate surface area is 166 Å². The summed E-state index contributed by atoms with van der Waals surface area (Å²) in [5, 5.41) is 3.08. The summed E-state index contributed by atoms with van der Waals surface area (Å²) < 4.78 is 0. The molecule has 28 heavy (non-hydrogen) atoms. The maximum absolute atomic E-state index is 12.7. The van der Waals surface area contributed by atoms with Crippen molar-refractivity contribution < 1.29 is 9.59 Å². The maximum Gasteiger partial charge on any atom is 0.257 e. The minimum Gasteiger partial charge on any atom is -0.350 e. The summed E-state index contributed by atoms with van der Waals surface area (Å²) in [4.78, 5) is 35.4. The molecule has 6 heteroatoms. The molecule has 1 fully saturated rings. The highest BCUT2D eigenvalue weighted by Gasteiger charge is 2.26. The predicted octanol–water partition coefficient (Wildman–Crippen LogP) is 3.21. The third-order valence-corrected chi connectivity index (χ3v) is 5.38. The topological polar surface area (TPSA) is 75.2 Å². The van der Waals surface area contributed by atoms with Crippen LogP contribution in [0.25, 0.3) is 0 Å². The van der Waals surface area contributed by atoms with Gasteiger partial charge in [-0.05, 0) is 45.1 Å². The SMILES string of the molecule is Cc1ncc(C(=O)N2CCC(CC(=O)N[C@@H](C)c3ccccc3)CC2)c(C)n1. The number of rotatable bonds is 5. The van der Waals surface area contributed by atoms with E-state index in [4.69, 9.17) is 0 Å². The zero-order valence-electron chi connectivity index (χ0n) is 16.8. The number of nitrogens with zero attached hydrogens (tertiary/aromatic N) is 3. The highest BCUT2D eigenvalue weighted by atomic mass is 16.2. The van der Waals surface area contributed by atoms with E-state index < -0.39 is 0 Å². The summed E-state index contributed by atoms with van der Waals surface area (Å²) in [5.41, 5.74) is 2.39. The standard InChI is InChI=1S/C22H28N4O2/c1-15(19-7-5-4-6-8-19)25-21(27)13-18-9-11-26(12-10-18)22(28)20-14-23-17(3)24-16(20)2/h4-8,14-15,18H,9-13H2,1-3H3,(H,25,27)/t15-/m0/s1.